The summed E-state index contributed by atoms with van der Waals surface area (Å²) >= 11 is 0. The molecule has 0 spiro atoms. The number of fused-ring (bicyclic) bond motifs is 3. The maximum absolute atomic E-state index is 12.7. The summed E-state index contributed by atoms with van der Waals surface area (Å²) in [6.45, 7) is 2.86. The standard InChI is InChI=1S/C27H33N5O/c1-30(2)22-11-9-20(10-12-22)27(33)28-17-23-15-21-13-14-32(23)18-24(21)26-16-25(29-31(26)3)19-7-5-4-6-8-19/h4-12,16,21,23-24H,13-15,17-18H2,1-3H3,(H,28,33)/t21-,23+,24+/m0/s1. The van der Waals surface area contributed by atoms with Gasteiger partial charge in [-0.2, -0.15) is 5.10 Å². The van der Waals surface area contributed by atoms with Crippen LogP contribution in [0.2, 0.25) is 0 Å². The molecule has 33 heavy (non-hydrogen) atoms. The number of piperidine rings is 3. The van der Waals surface area contributed by atoms with E-state index in [-0.39, 0.29) is 5.91 Å². The predicted octanol–water partition coefficient (Wildman–Crippen LogP) is 3.76. The van der Waals surface area contributed by atoms with Crippen LogP contribution in [0.4, 0.5) is 5.69 Å². The second-order valence-corrected chi connectivity index (χ2v) is 9.64. The van der Waals surface area contributed by atoms with Gasteiger partial charge in [0, 0.05) is 68.7 Å². The summed E-state index contributed by atoms with van der Waals surface area (Å²) in [5, 5.41) is 7.99. The Morgan fingerprint density at radius 1 is 1.12 bits per heavy atom. The van der Waals surface area contributed by atoms with Gasteiger partial charge in [0.2, 0.25) is 0 Å². The van der Waals surface area contributed by atoms with Crippen LogP contribution in [0.15, 0.2) is 60.7 Å². The molecule has 172 valence electrons. The second-order valence-electron chi connectivity index (χ2n) is 9.64. The molecular weight excluding hydrogens is 410 g/mol. The maximum atomic E-state index is 12.7. The van der Waals surface area contributed by atoms with Crippen molar-refractivity contribution in [1.29, 1.82) is 0 Å². The van der Waals surface area contributed by atoms with Gasteiger partial charge in [-0.1, -0.05) is 30.3 Å². The molecule has 6 rings (SSSR count). The van der Waals surface area contributed by atoms with Gasteiger partial charge >= 0.3 is 0 Å². The molecule has 0 saturated carbocycles. The fourth-order valence-corrected chi connectivity index (χ4v) is 5.49. The van der Waals surface area contributed by atoms with E-state index in [0.29, 0.717) is 24.4 Å². The quantitative estimate of drug-likeness (QED) is 0.630. The molecule has 3 saturated heterocycles. The summed E-state index contributed by atoms with van der Waals surface area (Å²) in [6.07, 6.45) is 2.34. The Balaban J connectivity index is 1.22. The van der Waals surface area contributed by atoms with Crippen molar-refractivity contribution in [2.45, 2.75) is 24.8 Å². The zero-order chi connectivity index (χ0) is 22.9. The van der Waals surface area contributed by atoms with Gasteiger partial charge in [-0.3, -0.25) is 14.4 Å². The Morgan fingerprint density at radius 3 is 2.55 bits per heavy atom. The van der Waals surface area contributed by atoms with Crippen LogP contribution < -0.4 is 10.2 Å². The molecule has 2 bridgehead atoms. The lowest BCUT2D eigenvalue weighted by atomic mass is 9.74. The minimum Gasteiger partial charge on any atom is -0.378 e. The van der Waals surface area contributed by atoms with Gasteiger partial charge in [0.1, 0.15) is 0 Å². The van der Waals surface area contributed by atoms with Crippen LogP contribution in [0.3, 0.4) is 0 Å². The van der Waals surface area contributed by atoms with Gasteiger partial charge in [0.05, 0.1) is 5.69 Å². The number of carbonyl (C=O) groups excluding carboxylic acids is 1. The number of anilines is 1. The molecule has 6 heteroatoms. The van der Waals surface area contributed by atoms with Gasteiger partial charge in [-0.15, -0.1) is 0 Å². The van der Waals surface area contributed by atoms with Gasteiger partial charge in [-0.05, 0) is 55.6 Å². The number of aromatic nitrogens is 2. The number of nitrogens with one attached hydrogen (secondary N) is 1. The first-order chi connectivity index (χ1) is 16.0. The largest absolute Gasteiger partial charge is 0.378 e. The monoisotopic (exact) mass is 443 g/mol. The van der Waals surface area contributed by atoms with E-state index in [4.69, 9.17) is 5.10 Å². The van der Waals surface area contributed by atoms with Crippen LogP contribution in [-0.4, -0.2) is 60.4 Å². The molecule has 0 radical (unpaired) electrons. The number of carbonyl (C=O) groups is 1. The number of amides is 1. The SMILES string of the molecule is CN(C)c1ccc(C(=O)NC[C@H]2C[C@@H]3CCN2C[C@H]3c2cc(-c3ccccc3)nn2C)cc1. The molecule has 4 heterocycles. The normalized spacial score (nSPS) is 24.0. The highest BCUT2D eigenvalue weighted by molar-refractivity contribution is 5.94. The van der Waals surface area contributed by atoms with Crippen molar-refractivity contribution in [2.75, 3.05) is 38.6 Å². The third-order valence-electron chi connectivity index (χ3n) is 7.39. The first-order valence-corrected chi connectivity index (χ1v) is 11.9. The van der Waals surface area contributed by atoms with Gasteiger partial charge in [-0.25, -0.2) is 0 Å². The molecule has 1 aromatic heterocycles. The Labute approximate surface area is 196 Å². The molecule has 1 N–H and O–H groups in total. The number of hydrogen-bond donors (Lipinski definition) is 1. The minimum atomic E-state index is 0.0126. The highest BCUT2D eigenvalue weighted by Crippen LogP contribution is 2.42. The van der Waals surface area contributed by atoms with E-state index in [1.165, 1.54) is 17.7 Å². The Morgan fingerprint density at radius 2 is 1.88 bits per heavy atom. The van der Waals surface area contributed by atoms with Crippen LogP contribution in [0.25, 0.3) is 11.3 Å². The lowest BCUT2D eigenvalue weighted by Crippen LogP contribution is -2.56. The fourth-order valence-electron chi connectivity index (χ4n) is 5.49. The number of nitrogens with zero attached hydrogens (tertiary/aromatic N) is 4. The predicted molar refractivity (Wildman–Crippen MR) is 133 cm³/mol. The molecule has 3 aliphatic rings. The van der Waals surface area contributed by atoms with E-state index in [1.807, 2.05) is 49.3 Å². The highest BCUT2D eigenvalue weighted by atomic mass is 16.1. The van der Waals surface area contributed by atoms with E-state index >= 15 is 0 Å². The maximum Gasteiger partial charge on any atom is 0.251 e. The third-order valence-corrected chi connectivity index (χ3v) is 7.39. The topological polar surface area (TPSA) is 53.4 Å². The van der Waals surface area contributed by atoms with Crippen LogP contribution >= 0.6 is 0 Å². The summed E-state index contributed by atoms with van der Waals surface area (Å²) in [4.78, 5) is 17.3. The lowest BCUT2D eigenvalue weighted by molar-refractivity contribution is 0.0280. The van der Waals surface area contributed by atoms with Crippen LogP contribution in [0, 0.1) is 5.92 Å². The second kappa shape index (κ2) is 9.02. The van der Waals surface area contributed by atoms with Crippen molar-refractivity contribution in [3.63, 3.8) is 0 Å². The van der Waals surface area contributed by atoms with Gasteiger partial charge < -0.3 is 10.2 Å². The van der Waals surface area contributed by atoms with Crippen molar-refractivity contribution in [2.24, 2.45) is 13.0 Å². The van der Waals surface area contributed by atoms with E-state index in [9.17, 15) is 4.79 Å². The Bertz CT molecular complexity index is 1110. The number of aryl methyl sites for hydroxylation is 1. The molecule has 4 atom stereocenters. The lowest BCUT2D eigenvalue weighted by Gasteiger charge is -2.50. The minimum absolute atomic E-state index is 0.0126. The third kappa shape index (κ3) is 4.40. The highest BCUT2D eigenvalue weighted by Gasteiger charge is 2.41. The van der Waals surface area contributed by atoms with Crippen LogP contribution in [0.1, 0.15) is 34.8 Å². The zero-order valence-electron chi connectivity index (χ0n) is 19.7. The fraction of sp³-hybridized carbons (Fsp3) is 0.407. The molecule has 2 aromatic carbocycles. The first kappa shape index (κ1) is 21.7. The van der Waals surface area contributed by atoms with Gasteiger partial charge in [0.15, 0.2) is 0 Å². The van der Waals surface area contributed by atoms with Crippen LogP contribution in [0.5, 0.6) is 0 Å². The number of hydrogen-bond acceptors (Lipinski definition) is 4. The van der Waals surface area contributed by atoms with Crippen molar-refractivity contribution in [1.82, 2.24) is 20.0 Å². The molecule has 3 fully saturated rings. The molecule has 6 nitrogen and oxygen atoms in total. The smallest absolute Gasteiger partial charge is 0.251 e. The van der Waals surface area contributed by atoms with E-state index < -0.39 is 0 Å². The average Bonchev–Trinajstić information content (AvgIpc) is 3.25. The number of benzene rings is 2. The first-order valence-electron chi connectivity index (χ1n) is 11.9. The van der Waals surface area contributed by atoms with Crippen LogP contribution in [-0.2, 0) is 7.05 Å². The summed E-state index contributed by atoms with van der Waals surface area (Å²) in [6, 6.07) is 20.9. The van der Waals surface area contributed by atoms with Crippen molar-refractivity contribution >= 4 is 11.6 Å². The van der Waals surface area contributed by atoms with E-state index in [2.05, 4.69) is 52.3 Å². The Hall–Kier alpha value is -3.12. The average molecular weight is 444 g/mol. The van der Waals surface area contributed by atoms with Crippen molar-refractivity contribution in [3.8, 4) is 11.3 Å². The van der Waals surface area contributed by atoms with Gasteiger partial charge in [0.25, 0.3) is 5.91 Å². The van der Waals surface area contributed by atoms with Crippen molar-refractivity contribution < 1.29 is 4.79 Å². The molecule has 3 aliphatic heterocycles. The molecule has 0 aliphatic carbocycles. The summed E-state index contributed by atoms with van der Waals surface area (Å²) in [7, 11) is 6.07. The Kier molecular flexibility index (Phi) is 5.94. The molecule has 1 amide bonds. The summed E-state index contributed by atoms with van der Waals surface area (Å²) in [5.74, 6) is 1.15. The van der Waals surface area contributed by atoms with E-state index in [1.54, 1.807) is 0 Å². The summed E-state index contributed by atoms with van der Waals surface area (Å²) < 4.78 is 2.07. The summed E-state index contributed by atoms with van der Waals surface area (Å²) in [5.41, 5.74) is 5.36. The van der Waals surface area contributed by atoms with E-state index in [0.717, 1.165) is 36.5 Å². The molecule has 1 unspecified atom stereocenters. The number of rotatable bonds is 6. The molecular formula is C27H33N5O. The zero-order valence-corrected chi connectivity index (χ0v) is 19.7. The molecule has 3 aromatic rings. The van der Waals surface area contributed by atoms with Crippen molar-refractivity contribution in [3.05, 3.63) is 71.9 Å².